The van der Waals surface area contributed by atoms with Crippen LogP contribution in [-0.4, -0.2) is 24.4 Å². The van der Waals surface area contributed by atoms with Crippen LogP contribution in [0.25, 0.3) is 0 Å². The van der Waals surface area contributed by atoms with Crippen LogP contribution in [0, 0.1) is 11.6 Å². The molecule has 0 aromatic heterocycles. The second-order valence-corrected chi connectivity index (χ2v) is 4.22. The fourth-order valence-electron chi connectivity index (χ4n) is 1.64. The molecule has 1 aliphatic heterocycles. The van der Waals surface area contributed by atoms with Crippen molar-refractivity contribution in [2.45, 2.75) is 19.4 Å². The second-order valence-electron chi connectivity index (χ2n) is 4.22. The lowest BCUT2D eigenvalue weighted by Gasteiger charge is -2.11. The predicted octanol–water partition coefficient (Wildman–Crippen LogP) is 2.25. The van der Waals surface area contributed by atoms with E-state index >= 15 is 0 Å². The summed E-state index contributed by atoms with van der Waals surface area (Å²) < 4.78 is 26.2. The Morgan fingerprint density at radius 1 is 1.53 bits per heavy atom. The number of carbonyl (C=O) groups excluding carboxylic acids is 1. The van der Waals surface area contributed by atoms with Crippen molar-refractivity contribution in [2.24, 2.45) is 5.16 Å². The molecule has 1 atom stereocenters. The lowest BCUT2D eigenvalue weighted by Crippen LogP contribution is -2.35. The summed E-state index contributed by atoms with van der Waals surface area (Å²) in [6.45, 7) is 2.06. The number of nitrogens with zero attached hydrogens (tertiary/aromatic N) is 1. The van der Waals surface area contributed by atoms with E-state index < -0.39 is 17.7 Å². The zero-order valence-electron chi connectivity index (χ0n) is 10.2. The van der Waals surface area contributed by atoms with Gasteiger partial charge < -0.3 is 15.5 Å². The number of rotatable bonds is 3. The van der Waals surface area contributed by atoms with Crippen molar-refractivity contribution in [3.05, 3.63) is 29.8 Å². The number of urea groups is 1. The maximum atomic E-state index is 13.3. The summed E-state index contributed by atoms with van der Waals surface area (Å²) in [5.74, 6) is -1.33. The molecule has 0 bridgehead atoms. The summed E-state index contributed by atoms with van der Waals surface area (Å²) in [5.41, 5.74) is 0.639. The molecule has 2 N–H and O–H groups in total. The van der Waals surface area contributed by atoms with Crippen LogP contribution >= 0.6 is 0 Å². The quantitative estimate of drug-likeness (QED) is 0.884. The minimum atomic E-state index is -0.701. The second kappa shape index (κ2) is 5.64. The van der Waals surface area contributed by atoms with Gasteiger partial charge in [-0.2, -0.15) is 0 Å². The molecule has 0 saturated heterocycles. The number of nitrogens with one attached hydrogen (secondary N) is 2. The fourth-order valence-corrected chi connectivity index (χ4v) is 1.64. The highest BCUT2D eigenvalue weighted by atomic mass is 19.1. The van der Waals surface area contributed by atoms with Crippen LogP contribution in [0.15, 0.2) is 23.4 Å². The monoisotopic (exact) mass is 269 g/mol. The van der Waals surface area contributed by atoms with E-state index in [9.17, 15) is 13.6 Å². The number of oxime groups is 1. The number of hydrogen-bond acceptors (Lipinski definition) is 3. The van der Waals surface area contributed by atoms with Gasteiger partial charge in [0.05, 0.1) is 17.9 Å². The summed E-state index contributed by atoms with van der Waals surface area (Å²) in [6, 6.07) is 2.21. The molecule has 19 heavy (non-hydrogen) atoms. The van der Waals surface area contributed by atoms with Crippen molar-refractivity contribution in [1.82, 2.24) is 5.32 Å². The van der Waals surface area contributed by atoms with Gasteiger partial charge in [-0.3, -0.25) is 0 Å². The summed E-state index contributed by atoms with van der Waals surface area (Å²) >= 11 is 0. The van der Waals surface area contributed by atoms with Crippen LogP contribution < -0.4 is 10.6 Å². The molecule has 1 heterocycles. The van der Waals surface area contributed by atoms with E-state index in [1.54, 1.807) is 0 Å². The molecule has 0 radical (unpaired) electrons. The molecule has 5 nitrogen and oxygen atoms in total. The van der Waals surface area contributed by atoms with Crippen molar-refractivity contribution < 1.29 is 18.4 Å². The van der Waals surface area contributed by atoms with E-state index in [4.69, 9.17) is 4.84 Å². The van der Waals surface area contributed by atoms with Crippen LogP contribution in [-0.2, 0) is 4.84 Å². The number of halogens is 2. The molecule has 0 aliphatic carbocycles. The van der Waals surface area contributed by atoms with Gasteiger partial charge in [0.1, 0.15) is 17.7 Å². The van der Waals surface area contributed by atoms with Crippen LogP contribution in [0.4, 0.5) is 19.3 Å². The van der Waals surface area contributed by atoms with E-state index in [1.165, 1.54) is 0 Å². The number of hydrogen-bond donors (Lipinski definition) is 2. The first-order valence-electron chi connectivity index (χ1n) is 5.74. The Bertz CT molecular complexity index is 520. The van der Waals surface area contributed by atoms with E-state index in [0.717, 1.165) is 23.9 Å². The van der Waals surface area contributed by atoms with Gasteiger partial charge in [0.2, 0.25) is 0 Å². The van der Waals surface area contributed by atoms with E-state index in [0.29, 0.717) is 6.42 Å². The Hall–Kier alpha value is -2.18. The fraction of sp³-hybridized carbons (Fsp3) is 0.333. The molecule has 0 fully saturated rings. The Labute approximate surface area is 108 Å². The molecule has 1 aliphatic rings. The van der Waals surface area contributed by atoms with Gasteiger partial charge >= 0.3 is 6.03 Å². The average Bonchev–Trinajstić information content (AvgIpc) is 2.77. The molecule has 1 unspecified atom stereocenters. The molecule has 1 aromatic rings. The van der Waals surface area contributed by atoms with Gasteiger partial charge in [-0.05, 0) is 19.1 Å². The highest BCUT2D eigenvalue weighted by molar-refractivity contribution is 5.89. The van der Waals surface area contributed by atoms with E-state index in [1.807, 2.05) is 6.92 Å². The Balaban J connectivity index is 1.83. The van der Waals surface area contributed by atoms with Gasteiger partial charge in [-0.15, -0.1) is 0 Å². The summed E-state index contributed by atoms with van der Waals surface area (Å²) in [6.07, 6.45) is 0.414. The molecule has 0 spiro atoms. The standard InChI is InChI=1S/C12H13F2N3O2/c1-7-4-9(19-17-7)6-15-12(18)16-11-5-8(13)2-3-10(11)14/h2-3,5,9H,4,6H2,1H3,(H2,15,16,18). The third-order valence-electron chi connectivity index (χ3n) is 2.55. The lowest BCUT2D eigenvalue weighted by molar-refractivity contribution is 0.0870. The zero-order valence-corrected chi connectivity index (χ0v) is 10.2. The molecule has 102 valence electrons. The molecular formula is C12H13F2N3O2. The highest BCUT2D eigenvalue weighted by Crippen LogP contribution is 2.15. The third kappa shape index (κ3) is 3.64. The average molecular weight is 269 g/mol. The molecular weight excluding hydrogens is 256 g/mol. The van der Waals surface area contributed by atoms with Gasteiger partial charge in [0, 0.05) is 12.5 Å². The van der Waals surface area contributed by atoms with Crippen molar-refractivity contribution in [1.29, 1.82) is 0 Å². The van der Waals surface area contributed by atoms with Crippen LogP contribution in [0.5, 0.6) is 0 Å². The minimum Gasteiger partial charge on any atom is -0.390 e. The number of anilines is 1. The van der Waals surface area contributed by atoms with Crippen molar-refractivity contribution in [3.63, 3.8) is 0 Å². The third-order valence-corrected chi connectivity index (χ3v) is 2.55. The Morgan fingerprint density at radius 2 is 2.32 bits per heavy atom. The number of benzene rings is 1. The molecule has 2 amide bonds. The maximum Gasteiger partial charge on any atom is 0.319 e. The maximum absolute atomic E-state index is 13.3. The van der Waals surface area contributed by atoms with Crippen LogP contribution in [0.1, 0.15) is 13.3 Å². The molecule has 2 rings (SSSR count). The zero-order chi connectivity index (χ0) is 13.8. The highest BCUT2D eigenvalue weighted by Gasteiger charge is 2.18. The van der Waals surface area contributed by atoms with Gasteiger partial charge in [-0.25, -0.2) is 13.6 Å². The summed E-state index contributed by atoms with van der Waals surface area (Å²) in [5, 5.41) is 8.47. The first-order valence-corrected chi connectivity index (χ1v) is 5.74. The van der Waals surface area contributed by atoms with Crippen molar-refractivity contribution in [2.75, 3.05) is 11.9 Å². The smallest absolute Gasteiger partial charge is 0.319 e. The Morgan fingerprint density at radius 3 is 3.00 bits per heavy atom. The Kier molecular flexibility index (Phi) is 3.94. The van der Waals surface area contributed by atoms with E-state index in [-0.39, 0.29) is 18.3 Å². The van der Waals surface area contributed by atoms with Gasteiger partial charge in [0.25, 0.3) is 0 Å². The van der Waals surface area contributed by atoms with Crippen LogP contribution in [0.3, 0.4) is 0 Å². The first-order chi connectivity index (χ1) is 9.04. The SMILES string of the molecule is CC1=NOC(CNC(=O)Nc2cc(F)ccc2F)C1. The first kappa shape index (κ1) is 13.3. The van der Waals surface area contributed by atoms with E-state index in [2.05, 4.69) is 15.8 Å². The normalized spacial score (nSPS) is 17.6. The minimum absolute atomic E-state index is 0.211. The lowest BCUT2D eigenvalue weighted by atomic mass is 10.2. The van der Waals surface area contributed by atoms with Crippen molar-refractivity contribution in [3.8, 4) is 0 Å². The summed E-state index contributed by atoms with van der Waals surface area (Å²) in [7, 11) is 0. The molecule has 0 saturated carbocycles. The predicted molar refractivity (Wildman–Crippen MR) is 66.0 cm³/mol. The number of amides is 2. The summed E-state index contributed by atoms with van der Waals surface area (Å²) in [4.78, 5) is 16.5. The molecule has 1 aromatic carbocycles. The van der Waals surface area contributed by atoms with Crippen LogP contribution in [0.2, 0.25) is 0 Å². The topological polar surface area (TPSA) is 62.7 Å². The van der Waals surface area contributed by atoms with Gasteiger partial charge in [-0.1, -0.05) is 5.16 Å². The largest absolute Gasteiger partial charge is 0.390 e. The van der Waals surface area contributed by atoms with Gasteiger partial charge in [0.15, 0.2) is 0 Å². The number of carbonyl (C=O) groups is 1. The van der Waals surface area contributed by atoms with Crippen molar-refractivity contribution >= 4 is 17.4 Å². The molecule has 7 heteroatoms.